The standard InChI is InChI=1S/C16H10F5NO3/c1-7-2-4-8(5-3-7)16(24)25-6-9(23)22-15-13(20)11(18)10(17)12(19)14(15)21/h2-5H,6H2,1H3,(H,22,23). The lowest BCUT2D eigenvalue weighted by Gasteiger charge is -2.10. The lowest BCUT2D eigenvalue weighted by molar-refractivity contribution is -0.119. The molecule has 2 aromatic carbocycles. The van der Waals surface area contributed by atoms with E-state index in [0.717, 1.165) is 5.56 Å². The number of ether oxygens (including phenoxy) is 1. The molecule has 9 heteroatoms. The Labute approximate surface area is 138 Å². The highest BCUT2D eigenvalue weighted by Crippen LogP contribution is 2.27. The number of hydrogen-bond donors (Lipinski definition) is 1. The molecule has 0 spiro atoms. The highest BCUT2D eigenvalue weighted by atomic mass is 19.2. The first-order valence-corrected chi connectivity index (χ1v) is 6.77. The number of amides is 1. The van der Waals surface area contributed by atoms with Crippen molar-refractivity contribution in [3.63, 3.8) is 0 Å². The monoisotopic (exact) mass is 359 g/mol. The van der Waals surface area contributed by atoms with Crippen LogP contribution < -0.4 is 5.32 Å². The molecule has 2 aromatic rings. The first-order chi connectivity index (χ1) is 11.7. The van der Waals surface area contributed by atoms with E-state index >= 15 is 0 Å². The molecule has 0 atom stereocenters. The molecule has 132 valence electrons. The van der Waals surface area contributed by atoms with Gasteiger partial charge in [-0.3, -0.25) is 4.79 Å². The van der Waals surface area contributed by atoms with Gasteiger partial charge >= 0.3 is 5.97 Å². The Hall–Kier alpha value is -2.97. The molecule has 0 heterocycles. The van der Waals surface area contributed by atoms with E-state index < -0.39 is 53.3 Å². The molecule has 4 nitrogen and oxygen atoms in total. The molecule has 25 heavy (non-hydrogen) atoms. The van der Waals surface area contributed by atoms with Gasteiger partial charge in [-0.25, -0.2) is 26.7 Å². The van der Waals surface area contributed by atoms with Gasteiger partial charge in [0.05, 0.1) is 5.56 Å². The third-order valence-electron chi connectivity index (χ3n) is 3.10. The first kappa shape index (κ1) is 18.4. The van der Waals surface area contributed by atoms with Crippen molar-refractivity contribution in [1.29, 1.82) is 0 Å². The smallest absolute Gasteiger partial charge is 0.338 e. The van der Waals surface area contributed by atoms with Crippen LogP contribution in [0.3, 0.4) is 0 Å². The third kappa shape index (κ3) is 3.93. The molecule has 0 bridgehead atoms. The molecular formula is C16H10F5NO3. The Balaban J connectivity index is 2.06. The average molecular weight is 359 g/mol. The normalized spacial score (nSPS) is 10.5. The summed E-state index contributed by atoms with van der Waals surface area (Å²) in [5.41, 5.74) is -0.525. The topological polar surface area (TPSA) is 55.4 Å². The van der Waals surface area contributed by atoms with Crippen LogP contribution in [0.4, 0.5) is 27.6 Å². The summed E-state index contributed by atoms with van der Waals surface area (Å²) >= 11 is 0. The Morgan fingerprint density at radius 2 is 1.36 bits per heavy atom. The highest BCUT2D eigenvalue weighted by Gasteiger charge is 2.27. The van der Waals surface area contributed by atoms with Crippen molar-refractivity contribution in [2.45, 2.75) is 6.92 Å². The molecule has 0 aliphatic rings. The summed E-state index contributed by atoms with van der Waals surface area (Å²) in [6.07, 6.45) is 0. The van der Waals surface area contributed by atoms with Crippen molar-refractivity contribution < 1.29 is 36.3 Å². The van der Waals surface area contributed by atoms with Gasteiger partial charge in [-0.2, -0.15) is 0 Å². The maximum atomic E-state index is 13.4. The first-order valence-electron chi connectivity index (χ1n) is 6.77. The third-order valence-corrected chi connectivity index (χ3v) is 3.10. The van der Waals surface area contributed by atoms with E-state index in [4.69, 9.17) is 0 Å². The van der Waals surface area contributed by atoms with Crippen LogP contribution in [0.5, 0.6) is 0 Å². The van der Waals surface area contributed by atoms with Crippen molar-refractivity contribution in [2.75, 3.05) is 11.9 Å². The highest BCUT2D eigenvalue weighted by molar-refractivity contribution is 5.95. The maximum Gasteiger partial charge on any atom is 0.338 e. The van der Waals surface area contributed by atoms with Gasteiger partial charge in [0.2, 0.25) is 5.82 Å². The van der Waals surface area contributed by atoms with Crippen molar-refractivity contribution in [3.05, 3.63) is 64.5 Å². The van der Waals surface area contributed by atoms with E-state index in [1.54, 1.807) is 19.1 Å². The number of rotatable bonds is 4. The minimum Gasteiger partial charge on any atom is -0.452 e. The molecular weight excluding hydrogens is 349 g/mol. The summed E-state index contributed by atoms with van der Waals surface area (Å²) in [5, 5.41) is 1.49. The number of nitrogens with one attached hydrogen (secondary N) is 1. The summed E-state index contributed by atoms with van der Waals surface area (Å²) in [6.45, 7) is 0.804. The Morgan fingerprint density at radius 1 is 0.880 bits per heavy atom. The van der Waals surface area contributed by atoms with Crippen molar-refractivity contribution in [2.24, 2.45) is 0 Å². The molecule has 0 aliphatic heterocycles. The van der Waals surface area contributed by atoms with Crippen LogP contribution in [-0.4, -0.2) is 18.5 Å². The summed E-state index contributed by atoms with van der Waals surface area (Å²) < 4.78 is 70.4. The molecule has 0 aliphatic carbocycles. The minimum atomic E-state index is -2.35. The Bertz CT molecular complexity index is 808. The summed E-state index contributed by atoms with van der Waals surface area (Å²) in [5.74, 6) is -13.3. The molecule has 1 amide bonds. The number of carbonyl (C=O) groups excluding carboxylic acids is 2. The molecule has 0 aromatic heterocycles. The molecule has 0 saturated heterocycles. The Morgan fingerprint density at radius 3 is 1.88 bits per heavy atom. The van der Waals surface area contributed by atoms with Crippen LogP contribution >= 0.6 is 0 Å². The predicted molar refractivity (Wildman–Crippen MR) is 76.3 cm³/mol. The second-order valence-electron chi connectivity index (χ2n) is 4.94. The van der Waals surface area contributed by atoms with E-state index in [2.05, 4.69) is 4.74 Å². The zero-order valence-electron chi connectivity index (χ0n) is 12.6. The summed E-state index contributed by atoms with van der Waals surface area (Å²) in [4.78, 5) is 23.2. The molecule has 1 N–H and O–H groups in total. The van der Waals surface area contributed by atoms with Gasteiger partial charge in [0.15, 0.2) is 29.9 Å². The lowest BCUT2D eigenvalue weighted by atomic mass is 10.1. The van der Waals surface area contributed by atoms with Gasteiger partial charge in [0.25, 0.3) is 5.91 Å². The fourth-order valence-corrected chi connectivity index (χ4v) is 1.79. The van der Waals surface area contributed by atoms with Gasteiger partial charge in [-0.1, -0.05) is 17.7 Å². The minimum absolute atomic E-state index is 0.120. The molecule has 0 radical (unpaired) electrons. The fraction of sp³-hybridized carbons (Fsp3) is 0.125. The predicted octanol–water partition coefficient (Wildman–Crippen LogP) is 3.49. The van der Waals surface area contributed by atoms with E-state index in [-0.39, 0.29) is 5.56 Å². The van der Waals surface area contributed by atoms with Crippen molar-refractivity contribution in [1.82, 2.24) is 0 Å². The molecule has 0 fully saturated rings. The van der Waals surface area contributed by atoms with Gasteiger partial charge in [0, 0.05) is 0 Å². The van der Waals surface area contributed by atoms with Crippen molar-refractivity contribution in [3.8, 4) is 0 Å². The van der Waals surface area contributed by atoms with Gasteiger partial charge in [0.1, 0.15) is 5.69 Å². The zero-order valence-corrected chi connectivity index (χ0v) is 12.6. The second-order valence-corrected chi connectivity index (χ2v) is 4.94. The summed E-state index contributed by atoms with van der Waals surface area (Å²) in [6, 6.07) is 6.09. The van der Waals surface area contributed by atoms with Gasteiger partial charge in [-0.05, 0) is 19.1 Å². The summed E-state index contributed by atoms with van der Waals surface area (Å²) in [7, 11) is 0. The van der Waals surface area contributed by atoms with Crippen LogP contribution in [-0.2, 0) is 9.53 Å². The number of anilines is 1. The number of carbonyl (C=O) groups is 2. The SMILES string of the molecule is Cc1ccc(C(=O)OCC(=O)Nc2c(F)c(F)c(F)c(F)c2F)cc1. The number of halogens is 5. The van der Waals surface area contributed by atoms with E-state index in [0.29, 0.717) is 0 Å². The van der Waals surface area contributed by atoms with Crippen molar-refractivity contribution >= 4 is 17.6 Å². The molecule has 2 rings (SSSR count). The fourth-order valence-electron chi connectivity index (χ4n) is 1.79. The number of benzene rings is 2. The quantitative estimate of drug-likeness (QED) is 0.394. The lowest BCUT2D eigenvalue weighted by Crippen LogP contribution is -2.23. The van der Waals surface area contributed by atoms with Gasteiger partial charge in [-0.15, -0.1) is 0 Å². The van der Waals surface area contributed by atoms with Gasteiger partial charge < -0.3 is 10.1 Å². The largest absolute Gasteiger partial charge is 0.452 e. The van der Waals surface area contributed by atoms with E-state index in [9.17, 15) is 31.5 Å². The maximum absolute atomic E-state index is 13.4. The average Bonchev–Trinajstić information content (AvgIpc) is 2.60. The van der Waals surface area contributed by atoms with Crippen LogP contribution in [0.15, 0.2) is 24.3 Å². The van der Waals surface area contributed by atoms with E-state index in [1.165, 1.54) is 17.4 Å². The van der Waals surface area contributed by atoms with E-state index in [1.807, 2.05) is 0 Å². The van der Waals surface area contributed by atoms with Crippen LogP contribution in [0.25, 0.3) is 0 Å². The van der Waals surface area contributed by atoms with Crippen LogP contribution in [0, 0.1) is 36.0 Å². The Kier molecular flexibility index (Phi) is 5.35. The number of esters is 1. The second kappa shape index (κ2) is 7.29. The zero-order chi connectivity index (χ0) is 18.7. The molecule has 0 unspecified atom stereocenters. The number of aryl methyl sites for hydroxylation is 1. The van der Waals surface area contributed by atoms with Crippen LogP contribution in [0.2, 0.25) is 0 Å². The molecule has 0 saturated carbocycles. The van der Waals surface area contributed by atoms with Crippen LogP contribution in [0.1, 0.15) is 15.9 Å². The number of hydrogen-bond acceptors (Lipinski definition) is 3.